The first kappa shape index (κ1) is 14.9. The van der Waals surface area contributed by atoms with Gasteiger partial charge in [-0.15, -0.1) is 0 Å². The molecule has 4 heteroatoms. The average Bonchev–Trinajstić information content (AvgIpc) is 2.49. The van der Waals surface area contributed by atoms with E-state index in [4.69, 9.17) is 10.9 Å². The van der Waals surface area contributed by atoms with E-state index in [0.717, 1.165) is 29.0 Å². The van der Waals surface area contributed by atoms with E-state index in [9.17, 15) is 0 Å². The summed E-state index contributed by atoms with van der Waals surface area (Å²) < 4.78 is 0. The van der Waals surface area contributed by atoms with E-state index in [1.165, 1.54) is 5.56 Å². The molecule has 110 valence electrons. The third-order valence-electron chi connectivity index (χ3n) is 3.57. The molecule has 0 aromatic heterocycles. The number of anilines is 2. The van der Waals surface area contributed by atoms with Crippen LogP contribution in [0.25, 0.3) is 0 Å². The van der Waals surface area contributed by atoms with Crippen molar-refractivity contribution in [2.45, 2.75) is 20.8 Å². The van der Waals surface area contributed by atoms with Crippen LogP contribution in [0.2, 0.25) is 0 Å². The zero-order chi connectivity index (χ0) is 15.4. The van der Waals surface area contributed by atoms with E-state index in [0.29, 0.717) is 0 Å². The van der Waals surface area contributed by atoms with Gasteiger partial charge < -0.3 is 15.8 Å². The molecule has 0 aliphatic carbocycles. The third-order valence-corrected chi connectivity index (χ3v) is 3.57. The van der Waals surface area contributed by atoms with Crippen LogP contribution in [0.1, 0.15) is 23.6 Å². The lowest BCUT2D eigenvalue weighted by molar-refractivity contribution is 0.318. The summed E-state index contributed by atoms with van der Waals surface area (Å²) in [6, 6.07) is 14.4. The second-order valence-electron chi connectivity index (χ2n) is 5.06. The van der Waals surface area contributed by atoms with Gasteiger partial charge in [-0.3, -0.25) is 0 Å². The molecule has 2 rings (SSSR count). The average molecular weight is 283 g/mol. The summed E-state index contributed by atoms with van der Waals surface area (Å²) >= 11 is 0. The van der Waals surface area contributed by atoms with E-state index in [-0.39, 0.29) is 5.84 Å². The second kappa shape index (κ2) is 6.31. The van der Waals surface area contributed by atoms with Crippen LogP contribution < -0.4 is 10.6 Å². The van der Waals surface area contributed by atoms with Gasteiger partial charge in [0.25, 0.3) is 0 Å². The lowest BCUT2D eigenvalue weighted by Crippen LogP contribution is -2.18. The van der Waals surface area contributed by atoms with E-state index in [1.807, 2.05) is 19.1 Å². The molecular weight excluding hydrogens is 262 g/mol. The van der Waals surface area contributed by atoms with Gasteiger partial charge in [0, 0.05) is 23.5 Å². The minimum atomic E-state index is 0.137. The summed E-state index contributed by atoms with van der Waals surface area (Å²) in [5.41, 5.74) is 10.9. The Morgan fingerprint density at radius 2 is 1.71 bits per heavy atom. The first-order valence-corrected chi connectivity index (χ1v) is 6.99. The molecular formula is C17H21N3O. The molecule has 0 fully saturated rings. The fourth-order valence-electron chi connectivity index (χ4n) is 2.40. The highest BCUT2D eigenvalue weighted by Crippen LogP contribution is 2.27. The molecule has 0 saturated heterocycles. The van der Waals surface area contributed by atoms with Crippen molar-refractivity contribution in [2.24, 2.45) is 10.9 Å². The quantitative estimate of drug-likeness (QED) is 0.390. The maximum absolute atomic E-state index is 8.79. The van der Waals surface area contributed by atoms with E-state index in [1.54, 1.807) is 0 Å². The molecule has 0 radical (unpaired) electrons. The summed E-state index contributed by atoms with van der Waals surface area (Å²) in [6.07, 6.45) is 0. The molecule has 4 nitrogen and oxygen atoms in total. The van der Waals surface area contributed by atoms with Gasteiger partial charge in [-0.2, -0.15) is 0 Å². The predicted molar refractivity (Wildman–Crippen MR) is 87.5 cm³/mol. The van der Waals surface area contributed by atoms with Crippen molar-refractivity contribution in [3.05, 3.63) is 59.2 Å². The first-order valence-electron chi connectivity index (χ1n) is 6.99. The molecule has 21 heavy (non-hydrogen) atoms. The number of hydrogen-bond acceptors (Lipinski definition) is 3. The largest absolute Gasteiger partial charge is 0.409 e. The normalized spacial score (nSPS) is 11.5. The number of benzene rings is 2. The zero-order valence-corrected chi connectivity index (χ0v) is 12.7. The molecule has 2 aromatic carbocycles. The van der Waals surface area contributed by atoms with Crippen molar-refractivity contribution in [3.8, 4) is 0 Å². The third kappa shape index (κ3) is 3.16. The van der Waals surface area contributed by atoms with Gasteiger partial charge in [-0.05, 0) is 56.7 Å². The van der Waals surface area contributed by atoms with Crippen molar-refractivity contribution in [1.29, 1.82) is 0 Å². The minimum absolute atomic E-state index is 0.137. The molecule has 0 unspecified atom stereocenters. The fourth-order valence-corrected chi connectivity index (χ4v) is 2.40. The number of rotatable bonds is 4. The van der Waals surface area contributed by atoms with Crippen LogP contribution in [0.15, 0.2) is 47.6 Å². The number of aryl methyl sites for hydroxylation is 2. The van der Waals surface area contributed by atoms with Crippen LogP contribution in [0, 0.1) is 13.8 Å². The van der Waals surface area contributed by atoms with Crippen LogP contribution in [0.3, 0.4) is 0 Å². The van der Waals surface area contributed by atoms with Crippen molar-refractivity contribution in [3.63, 3.8) is 0 Å². The first-order chi connectivity index (χ1) is 10.1. The Hall–Kier alpha value is -2.49. The number of amidine groups is 1. The number of nitrogens with two attached hydrogens (primary N) is 1. The standard InChI is InChI=1S/C17H21N3O/c1-4-20(14-7-5-12(2)6-8-14)15-9-10-16(13(3)11-15)17(18)19-21/h5-11,21H,4H2,1-3H3,(H2,18,19). The molecule has 3 N–H and O–H groups in total. The van der Waals surface area contributed by atoms with E-state index >= 15 is 0 Å². The molecule has 0 aliphatic rings. The Labute approximate surface area is 125 Å². The SMILES string of the molecule is CCN(c1ccc(C)cc1)c1ccc(/C(N)=N/O)c(C)c1. The maximum Gasteiger partial charge on any atom is 0.170 e. The van der Waals surface area contributed by atoms with Crippen molar-refractivity contribution in [1.82, 2.24) is 0 Å². The number of nitrogens with zero attached hydrogens (tertiary/aromatic N) is 2. The predicted octanol–water partition coefficient (Wildman–Crippen LogP) is 3.56. The minimum Gasteiger partial charge on any atom is -0.409 e. The van der Waals surface area contributed by atoms with Gasteiger partial charge in [-0.25, -0.2) is 0 Å². The molecule has 0 spiro atoms. The lowest BCUT2D eigenvalue weighted by atomic mass is 10.1. The molecule has 0 saturated carbocycles. The molecule has 0 bridgehead atoms. The van der Waals surface area contributed by atoms with Gasteiger partial charge in [0.05, 0.1) is 0 Å². The molecule has 0 heterocycles. The topological polar surface area (TPSA) is 61.8 Å². The highest BCUT2D eigenvalue weighted by Gasteiger charge is 2.10. The van der Waals surface area contributed by atoms with Crippen molar-refractivity contribution < 1.29 is 5.21 Å². The van der Waals surface area contributed by atoms with Crippen LogP contribution >= 0.6 is 0 Å². The van der Waals surface area contributed by atoms with Gasteiger partial charge in [0.2, 0.25) is 0 Å². The van der Waals surface area contributed by atoms with E-state index in [2.05, 4.69) is 54.2 Å². The Balaban J connectivity index is 2.39. The van der Waals surface area contributed by atoms with Gasteiger partial charge in [0.1, 0.15) is 0 Å². The summed E-state index contributed by atoms with van der Waals surface area (Å²) in [5.74, 6) is 0.137. The van der Waals surface area contributed by atoms with Crippen LogP contribution in [-0.2, 0) is 0 Å². The zero-order valence-electron chi connectivity index (χ0n) is 12.7. The summed E-state index contributed by atoms with van der Waals surface area (Å²) in [5, 5.41) is 11.9. The monoisotopic (exact) mass is 283 g/mol. The molecule has 0 atom stereocenters. The van der Waals surface area contributed by atoms with Crippen LogP contribution in [0.4, 0.5) is 11.4 Å². The maximum atomic E-state index is 8.79. The Kier molecular flexibility index (Phi) is 4.48. The highest BCUT2D eigenvalue weighted by molar-refractivity contribution is 5.98. The van der Waals surface area contributed by atoms with Gasteiger partial charge >= 0.3 is 0 Å². The highest BCUT2D eigenvalue weighted by atomic mass is 16.4. The molecule has 0 aliphatic heterocycles. The number of hydrogen-bond donors (Lipinski definition) is 2. The Morgan fingerprint density at radius 1 is 1.10 bits per heavy atom. The van der Waals surface area contributed by atoms with Crippen molar-refractivity contribution in [2.75, 3.05) is 11.4 Å². The molecule has 2 aromatic rings. The fraction of sp³-hybridized carbons (Fsp3) is 0.235. The number of oxime groups is 1. The Morgan fingerprint density at radius 3 is 2.24 bits per heavy atom. The van der Waals surface area contributed by atoms with Gasteiger partial charge in [0.15, 0.2) is 5.84 Å². The summed E-state index contributed by atoms with van der Waals surface area (Å²) in [4.78, 5) is 2.22. The van der Waals surface area contributed by atoms with E-state index < -0.39 is 0 Å². The smallest absolute Gasteiger partial charge is 0.170 e. The summed E-state index contributed by atoms with van der Waals surface area (Å²) in [7, 11) is 0. The molecule has 0 amide bonds. The second-order valence-corrected chi connectivity index (χ2v) is 5.06. The van der Waals surface area contributed by atoms with Gasteiger partial charge in [-0.1, -0.05) is 22.9 Å². The Bertz CT molecular complexity index is 648. The lowest BCUT2D eigenvalue weighted by Gasteiger charge is -2.24. The van der Waals surface area contributed by atoms with Crippen molar-refractivity contribution >= 4 is 17.2 Å². The summed E-state index contributed by atoms with van der Waals surface area (Å²) in [6.45, 7) is 7.02. The van der Waals surface area contributed by atoms with Crippen LogP contribution in [0.5, 0.6) is 0 Å². The van der Waals surface area contributed by atoms with Crippen LogP contribution in [-0.4, -0.2) is 17.6 Å².